The summed E-state index contributed by atoms with van der Waals surface area (Å²) >= 11 is 6.08. The van der Waals surface area contributed by atoms with Gasteiger partial charge in [-0.3, -0.25) is 4.79 Å². The van der Waals surface area contributed by atoms with E-state index in [1.807, 2.05) is 30.3 Å². The van der Waals surface area contributed by atoms with Gasteiger partial charge in [0.15, 0.2) is 0 Å². The summed E-state index contributed by atoms with van der Waals surface area (Å²) < 4.78 is 19.2. The second-order valence-corrected chi connectivity index (χ2v) is 9.49. The highest BCUT2D eigenvalue weighted by molar-refractivity contribution is 6.32. The van der Waals surface area contributed by atoms with E-state index in [1.165, 1.54) is 31.4 Å². The number of rotatable bonds is 7. The average molecular weight is 459 g/mol. The Morgan fingerprint density at radius 2 is 1.75 bits per heavy atom. The summed E-state index contributed by atoms with van der Waals surface area (Å²) in [5.74, 6) is 1.01. The number of nitrogens with one attached hydrogen (secondary N) is 1. The summed E-state index contributed by atoms with van der Waals surface area (Å²) in [6.45, 7) is 3.16. The van der Waals surface area contributed by atoms with E-state index in [-0.39, 0.29) is 17.8 Å². The lowest BCUT2D eigenvalue weighted by Crippen LogP contribution is -2.40. The minimum atomic E-state index is -0.343. The molecule has 2 aromatic carbocycles. The maximum Gasteiger partial charge on any atom is 0.251 e. The van der Waals surface area contributed by atoms with Gasteiger partial charge in [0.2, 0.25) is 0 Å². The van der Waals surface area contributed by atoms with Gasteiger partial charge in [0.05, 0.1) is 5.02 Å². The van der Waals surface area contributed by atoms with Crippen LogP contribution in [0.5, 0.6) is 5.75 Å². The number of halogens is 2. The zero-order chi connectivity index (χ0) is 22.3. The SMILES string of the molecule is O=C(NC1CCC(CCN2CCC(Oc3ccc(F)cc3Cl)CC2)CC1)c1ccccc1. The van der Waals surface area contributed by atoms with Crippen LogP contribution in [0.15, 0.2) is 48.5 Å². The van der Waals surface area contributed by atoms with Crippen LogP contribution in [-0.2, 0) is 0 Å². The van der Waals surface area contributed by atoms with Crippen molar-refractivity contribution in [1.82, 2.24) is 10.2 Å². The molecule has 4 nitrogen and oxygen atoms in total. The van der Waals surface area contributed by atoms with Crippen molar-refractivity contribution in [3.05, 3.63) is 64.9 Å². The van der Waals surface area contributed by atoms with Gasteiger partial charge in [-0.25, -0.2) is 4.39 Å². The summed E-state index contributed by atoms with van der Waals surface area (Å²) in [7, 11) is 0. The highest BCUT2D eigenvalue weighted by Gasteiger charge is 2.25. The highest BCUT2D eigenvalue weighted by Crippen LogP contribution is 2.30. The van der Waals surface area contributed by atoms with Crippen molar-refractivity contribution in [3.8, 4) is 5.75 Å². The molecule has 1 saturated carbocycles. The fourth-order valence-corrected chi connectivity index (χ4v) is 5.03. The summed E-state index contributed by atoms with van der Waals surface area (Å²) in [6.07, 6.45) is 7.78. The van der Waals surface area contributed by atoms with Gasteiger partial charge < -0.3 is 15.0 Å². The van der Waals surface area contributed by atoms with Gasteiger partial charge in [-0.2, -0.15) is 0 Å². The predicted octanol–water partition coefficient (Wildman–Crippen LogP) is 5.70. The summed E-state index contributed by atoms with van der Waals surface area (Å²) in [5, 5.41) is 3.54. The Morgan fingerprint density at radius 1 is 1.03 bits per heavy atom. The Balaban J connectivity index is 1.12. The van der Waals surface area contributed by atoms with E-state index in [4.69, 9.17) is 16.3 Å². The molecule has 1 aliphatic carbocycles. The number of hydrogen-bond donors (Lipinski definition) is 1. The van der Waals surface area contributed by atoms with Gasteiger partial charge in [-0.1, -0.05) is 29.8 Å². The monoisotopic (exact) mass is 458 g/mol. The molecule has 172 valence electrons. The first-order valence-electron chi connectivity index (χ1n) is 11.8. The second-order valence-electron chi connectivity index (χ2n) is 9.08. The lowest BCUT2D eigenvalue weighted by molar-refractivity contribution is 0.0897. The normalized spacial score (nSPS) is 22.4. The molecular formula is C26H32ClFN2O2. The number of amides is 1. The standard InChI is InChI=1S/C26H32ClFN2O2/c27-24-18-21(28)8-11-25(24)32-23-13-16-30(17-14-23)15-12-19-6-9-22(10-7-19)29-26(31)20-4-2-1-3-5-20/h1-5,8,11,18-19,22-23H,6-7,9-10,12-17H2,(H,29,31). The third-order valence-corrected chi connectivity index (χ3v) is 7.09. The molecule has 2 fully saturated rings. The first kappa shape index (κ1) is 23.1. The van der Waals surface area contributed by atoms with Gasteiger partial charge in [-0.05, 0) is 87.7 Å². The van der Waals surface area contributed by atoms with Gasteiger partial charge in [-0.15, -0.1) is 0 Å². The average Bonchev–Trinajstić information content (AvgIpc) is 2.82. The number of carbonyl (C=O) groups excluding carboxylic acids is 1. The molecule has 1 N–H and O–H groups in total. The summed E-state index contributed by atoms with van der Waals surface area (Å²) in [4.78, 5) is 14.9. The van der Waals surface area contributed by atoms with Gasteiger partial charge in [0.25, 0.3) is 5.91 Å². The zero-order valence-electron chi connectivity index (χ0n) is 18.4. The van der Waals surface area contributed by atoms with Crippen LogP contribution in [0, 0.1) is 11.7 Å². The second kappa shape index (κ2) is 11.2. The maximum absolute atomic E-state index is 13.2. The molecule has 2 aliphatic rings. The summed E-state index contributed by atoms with van der Waals surface area (Å²) in [5.41, 5.74) is 0.740. The van der Waals surface area contributed by atoms with Crippen LogP contribution >= 0.6 is 11.6 Å². The Kier molecular flexibility index (Phi) is 8.04. The zero-order valence-corrected chi connectivity index (χ0v) is 19.2. The van der Waals surface area contributed by atoms with E-state index in [0.717, 1.165) is 56.8 Å². The van der Waals surface area contributed by atoms with Crippen molar-refractivity contribution in [2.75, 3.05) is 19.6 Å². The third kappa shape index (κ3) is 6.46. The lowest BCUT2D eigenvalue weighted by atomic mass is 9.84. The topological polar surface area (TPSA) is 41.6 Å². The van der Waals surface area contributed by atoms with Crippen molar-refractivity contribution in [3.63, 3.8) is 0 Å². The van der Waals surface area contributed by atoms with Crippen molar-refractivity contribution in [1.29, 1.82) is 0 Å². The molecule has 4 rings (SSSR count). The molecule has 1 saturated heterocycles. The molecule has 0 atom stereocenters. The van der Waals surface area contributed by atoms with Crippen molar-refractivity contribution >= 4 is 17.5 Å². The minimum absolute atomic E-state index is 0.0427. The molecule has 0 unspecified atom stereocenters. The Hall–Kier alpha value is -2.11. The van der Waals surface area contributed by atoms with Gasteiger partial charge in [0, 0.05) is 24.7 Å². The molecule has 1 aliphatic heterocycles. The van der Waals surface area contributed by atoms with Gasteiger partial charge >= 0.3 is 0 Å². The Labute approximate surface area is 195 Å². The molecule has 0 radical (unpaired) electrons. The van der Waals surface area contributed by atoms with E-state index in [2.05, 4.69) is 10.2 Å². The molecule has 2 aromatic rings. The molecule has 6 heteroatoms. The Morgan fingerprint density at radius 3 is 2.44 bits per heavy atom. The van der Waals surface area contributed by atoms with Crippen molar-refractivity contribution in [2.24, 2.45) is 5.92 Å². The lowest BCUT2D eigenvalue weighted by Gasteiger charge is -2.34. The molecular weight excluding hydrogens is 427 g/mol. The van der Waals surface area contributed by atoms with Gasteiger partial charge in [0.1, 0.15) is 17.7 Å². The van der Waals surface area contributed by atoms with Crippen LogP contribution in [0.3, 0.4) is 0 Å². The van der Waals surface area contributed by atoms with Crippen LogP contribution in [0.4, 0.5) is 4.39 Å². The van der Waals surface area contributed by atoms with Crippen LogP contribution < -0.4 is 10.1 Å². The van der Waals surface area contributed by atoms with E-state index < -0.39 is 0 Å². The van der Waals surface area contributed by atoms with Crippen LogP contribution in [0.2, 0.25) is 5.02 Å². The smallest absolute Gasteiger partial charge is 0.251 e. The summed E-state index contributed by atoms with van der Waals surface area (Å²) in [6, 6.07) is 14.1. The van der Waals surface area contributed by atoms with Crippen molar-refractivity contribution in [2.45, 2.75) is 57.1 Å². The number of ether oxygens (including phenoxy) is 1. The molecule has 0 aromatic heterocycles. The maximum atomic E-state index is 13.2. The first-order chi connectivity index (χ1) is 15.6. The number of carbonyl (C=O) groups is 1. The fourth-order valence-electron chi connectivity index (χ4n) is 4.82. The number of benzene rings is 2. The fraction of sp³-hybridized carbons (Fsp3) is 0.500. The quantitative estimate of drug-likeness (QED) is 0.578. The number of piperidine rings is 1. The Bertz CT molecular complexity index is 879. The molecule has 32 heavy (non-hydrogen) atoms. The van der Waals surface area contributed by atoms with Crippen LogP contribution in [0.1, 0.15) is 55.3 Å². The van der Waals surface area contributed by atoms with E-state index >= 15 is 0 Å². The highest BCUT2D eigenvalue weighted by atomic mass is 35.5. The number of likely N-dealkylation sites (tertiary alicyclic amines) is 1. The molecule has 0 bridgehead atoms. The number of nitrogens with zero attached hydrogens (tertiary/aromatic N) is 1. The number of hydrogen-bond acceptors (Lipinski definition) is 3. The molecule has 1 heterocycles. The van der Waals surface area contributed by atoms with Crippen LogP contribution in [0.25, 0.3) is 0 Å². The van der Waals surface area contributed by atoms with E-state index in [9.17, 15) is 9.18 Å². The largest absolute Gasteiger partial charge is 0.489 e. The van der Waals surface area contributed by atoms with E-state index in [1.54, 1.807) is 6.07 Å². The van der Waals surface area contributed by atoms with E-state index in [0.29, 0.717) is 16.8 Å². The third-order valence-electron chi connectivity index (χ3n) is 6.79. The minimum Gasteiger partial charge on any atom is -0.489 e. The molecule has 1 amide bonds. The van der Waals surface area contributed by atoms with Crippen molar-refractivity contribution < 1.29 is 13.9 Å². The first-order valence-corrected chi connectivity index (χ1v) is 12.1. The molecule has 0 spiro atoms. The predicted molar refractivity (Wildman–Crippen MR) is 126 cm³/mol. The van der Waals surface area contributed by atoms with Crippen LogP contribution in [-0.4, -0.2) is 42.6 Å².